The maximum absolute atomic E-state index is 6.02. The van der Waals surface area contributed by atoms with Crippen LogP contribution in [0.2, 0.25) is 5.02 Å². The number of anilines is 1. The molecular formula is C25H30ClN5O. The first kappa shape index (κ1) is 21.3. The van der Waals surface area contributed by atoms with Crippen LogP contribution in [-0.4, -0.2) is 59.0 Å². The molecule has 0 atom stereocenters. The number of rotatable bonds is 6. The van der Waals surface area contributed by atoms with Gasteiger partial charge in [0.05, 0.1) is 12.1 Å². The first-order chi connectivity index (χ1) is 15.7. The second-order valence-corrected chi connectivity index (χ2v) is 8.97. The molecule has 1 fully saturated rings. The molecule has 0 saturated carbocycles. The van der Waals surface area contributed by atoms with Crippen molar-refractivity contribution < 1.29 is 4.74 Å². The summed E-state index contributed by atoms with van der Waals surface area (Å²) in [6.45, 7) is 8.99. The lowest BCUT2D eigenvalue weighted by molar-refractivity contribution is 0.253. The lowest BCUT2D eigenvalue weighted by Crippen LogP contribution is -2.46. The van der Waals surface area contributed by atoms with E-state index < -0.39 is 0 Å². The van der Waals surface area contributed by atoms with E-state index in [9.17, 15) is 0 Å². The van der Waals surface area contributed by atoms with Gasteiger partial charge in [-0.2, -0.15) is 0 Å². The second-order valence-electron chi connectivity index (χ2n) is 8.53. The van der Waals surface area contributed by atoms with Crippen LogP contribution in [0.5, 0.6) is 5.75 Å². The van der Waals surface area contributed by atoms with E-state index >= 15 is 0 Å². The third-order valence-corrected chi connectivity index (χ3v) is 6.78. The number of hydrogen-bond donors (Lipinski definition) is 0. The summed E-state index contributed by atoms with van der Waals surface area (Å²) in [6.07, 6.45) is 3.02. The molecule has 0 unspecified atom stereocenters. The lowest BCUT2D eigenvalue weighted by atomic mass is 10.1. The van der Waals surface area contributed by atoms with Crippen molar-refractivity contribution in [2.45, 2.75) is 32.7 Å². The Hall–Kier alpha value is -2.57. The molecule has 0 radical (unpaired) electrons. The fraction of sp³-hybridized carbons (Fsp3) is 0.440. The van der Waals surface area contributed by atoms with Crippen LogP contribution in [0, 0.1) is 0 Å². The average Bonchev–Trinajstić information content (AvgIpc) is 3.13. The first-order valence-electron chi connectivity index (χ1n) is 11.6. The number of ether oxygens (including phenoxy) is 1. The molecule has 0 bridgehead atoms. The Morgan fingerprint density at radius 2 is 1.78 bits per heavy atom. The smallest absolute Gasteiger partial charge is 0.167 e. The van der Waals surface area contributed by atoms with Crippen LogP contribution < -0.4 is 9.64 Å². The highest BCUT2D eigenvalue weighted by Gasteiger charge is 2.22. The number of hydrogen-bond acceptors (Lipinski definition) is 5. The normalized spacial score (nSPS) is 16.2. The minimum Gasteiger partial charge on any atom is -0.491 e. The molecule has 5 rings (SSSR count). The zero-order valence-corrected chi connectivity index (χ0v) is 19.4. The summed E-state index contributed by atoms with van der Waals surface area (Å²) >= 11 is 6.02. The van der Waals surface area contributed by atoms with Crippen LogP contribution in [0.1, 0.15) is 24.7 Å². The zero-order chi connectivity index (χ0) is 21.9. The molecule has 1 saturated heterocycles. The molecule has 2 aromatic carbocycles. The number of fused-ring (bicyclic) bond motifs is 3. The number of nitrogens with zero attached hydrogens (tertiary/aromatic N) is 5. The van der Waals surface area contributed by atoms with Gasteiger partial charge in [0, 0.05) is 43.3 Å². The van der Waals surface area contributed by atoms with E-state index in [0.717, 1.165) is 86.5 Å². The molecule has 6 nitrogen and oxygen atoms in total. The summed E-state index contributed by atoms with van der Waals surface area (Å²) in [7, 11) is 0. The van der Waals surface area contributed by atoms with Crippen LogP contribution in [0.15, 0.2) is 42.5 Å². The van der Waals surface area contributed by atoms with Gasteiger partial charge in [0.1, 0.15) is 18.2 Å². The molecule has 0 amide bonds. The Labute approximate surface area is 194 Å². The van der Waals surface area contributed by atoms with Gasteiger partial charge in [0.2, 0.25) is 0 Å². The number of benzene rings is 2. The minimum absolute atomic E-state index is 0.656. The Balaban J connectivity index is 1.17. The molecule has 0 aliphatic carbocycles. The minimum atomic E-state index is 0.656. The second kappa shape index (κ2) is 9.51. The van der Waals surface area contributed by atoms with Crippen molar-refractivity contribution in [3.05, 3.63) is 58.9 Å². The van der Waals surface area contributed by atoms with Gasteiger partial charge >= 0.3 is 0 Å². The largest absolute Gasteiger partial charge is 0.491 e. The number of halogens is 1. The van der Waals surface area contributed by atoms with E-state index in [1.165, 1.54) is 11.3 Å². The molecule has 2 aliphatic heterocycles. The fourth-order valence-corrected chi connectivity index (χ4v) is 4.77. The highest BCUT2D eigenvalue weighted by atomic mass is 35.5. The predicted molar refractivity (Wildman–Crippen MR) is 129 cm³/mol. The highest BCUT2D eigenvalue weighted by Crippen LogP contribution is 2.33. The maximum Gasteiger partial charge on any atom is 0.167 e. The molecule has 1 aromatic heterocycles. The predicted octanol–water partition coefficient (Wildman–Crippen LogP) is 4.31. The van der Waals surface area contributed by atoms with E-state index in [-0.39, 0.29) is 0 Å². The van der Waals surface area contributed by atoms with E-state index in [1.807, 2.05) is 12.1 Å². The van der Waals surface area contributed by atoms with Crippen molar-refractivity contribution in [3.8, 4) is 17.1 Å². The Morgan fingerprint density at radius 3 is 2.56 bits per heavy atom. The van der Waals surface area contributed by atoms with Gasteiger partial charge in [-0.3, -0.25) is 4.90 Å². The highest BCUT2D eigenvalue weighted by molar-refractivity contribution is 6.30. The van der Waals surface area contributed by atoms with E-state index in [0.29, 0.717) is 6.61 Å². The van der Waals surface area contributed by atoms with Crippen LogP contribution >= 0.6 is 11.6 Å². The Bertz CT molecular complexity index is 1060. The molecule has 7 heteroatoms. The van der Waals surface area contributed by atoms with Crippen molar-refractivity contribution in [2.75, 3.05) is 44.2 Å². The molecule has 3 heterocycles. The quantitative estimate of drug-likeness (QED) is 0.559. The van der Waals surface area contributed by atoms with Crippen LogP contribution in [0.4, 0.5) is 5.69 Å². The van der Waals surface area contributed by atoms with Gasteiger partial charge in [-0.15, -0.1) is 10.2 Å². The third-order valence-electron chi connectivity index (χ3n) is 6.53. The summed E-state index contributed by atoms with van der Waals surface area (Å²) in [5.74, 6) is 2.93. The van der Waals surface area contributed by atoms with Crippen molar-refractivity contribution >= 4 is 17.3 Å². The van der Waals surface area contributed by atoms with Crippen LogP contribution in [0.3, 0.4) is 0 Å². The van der Waals surface area contributed by atoms with E-state index in [4.69, 9.17) is 16.3 Å². The maximum atomic E-state index is 6.02. The molecule has 0 spiro atoms. The Kier molecular flexibility index (Phi) is 6.32. The van der Waals surface area contributed by atoms with Crippen LogP contribution in [-0.2, 0) is 19.4 Å². The van der Waals surface area contributed by atoms with Gasteiger partial charge < -0.3 is 14.2 Å². The van der Waals surface area contributed by atoms with Gasteiger partial charge in [0.15, 0.2) is 5.82 Å². The number of aryl methyl sites for hydroxylation is 2. The van der Waals surface area contributed by atoms with Gasteiger partial charge in [-0.1, -0.05) is 24.6 Å². The average molecular weight is 452 g/mol. The van der Waals surface area contributed by atoms with Crippen molar-refractivity contribution in [2.24, 2.45) is 0 Å². The molecule has 3 aromatic rings. The van der Waals surface area contributed by atoms with Crippen molar-refractivity contribution in [1.82, 2.24) is 19.7 Å². The SMILES string of the molecule is CCc1ccc2c(c1)-c1nnc(CCCN3CCN(c4ccc(Cl)cc4)CC3)n1CCO2. The van der Waals surface area contributed by atoms with Crippen LogP contribution in [0.25, 0.3) is 11.4 Å². The molecule has 32 heavy (non-hydrogen) atoms. The lowest BCUT2D eigenvalue weighted by Gasteiger charge is -2.36. The monoisotopic (exact) mass is 451 g/mol. The molecule has 0 N–H and O–H groups in total. The van der Waals surface area contributed by atoms with E-state index in [2.05, 4.69) is 61.8 Å². The van der Waals surface area contributed by atoms with Crippen molar-refractivity contribution in [3.63, 3.8) is 0 Å². The topological polar surface area (TPSA) is 46.4 Å². The summed E-state index contributed by atoms with van der Waals surface area (Å²) in [6, 6.07) is 14.6. The molecule has 2 aliphatic rings. The van der Waals surface area contributed by atoms with Crippen molar-refractivity contribution in [1.29, 1.82) is 0 Å². The molecular weight excluding hydrogens is 422 g/mol. The Morgan fingerprint density at radius 1 is 0.969 bits per heavy atom. The third kappa shape index (κ3) is 4.48. The number of aromatic nitrogens is 3. The fourth-order valence-electron chi connectivity index (χ4n) is 4.64. The molecule has 168 valence electrons. The summed E-state index contributed by atoms with van der Waals surface area (Å²) in [5, 5.41) is 9.90. The standard InChI is InChI=1S/C25H30ClN5O/c1-2-19-5-10-23-22(18-19)25-28-27-24(31(25)16-17-32-23)4-3-11-29-12-14-30(15-13-29)21-8-6-20(26)7-9-21/h5-10,18H,2-4,11-17H2,1H3. The van der Waals surface area contributed by atoms with Gasteiger partial charge in [-0.25, -0.2) is 0 Å². The summed E-state index contributed by atoms with van der Waals surface area (Å²) < 4.78 is 8.24. The van der Waals surface area contributed by atoms with Gasteiger partial charge in [-0.05, 0) is 61.3 Å². The summed E-state index contributed by atoms with van der Waals surface area (Å²) in [4.78, 5) is 4.99. The van der Waals surface area contributed by atoms with E-state index in [1.54, 1.807) is 0 Å². The zero-order valence-electron chi connectivity index (χ0n) is 18.6. The summed E-state index contributed by atoms with van der Waals surface area (Å²) in [5.41, 5.74) is 3.62. The number of piperazine rings is 1. The first-order valence-corrected chi connectivity index (χ1v) is 12.0. The van der Waals surface area contributed by atoms with Gasteiger partial charge in [0.25, 0.3) is 0 Å².